The second-order valence-electron chi connectivity index (χ2n) is 11.2. The number of nitrogens with zero attached hydrogens (tertiary/aromatic N) is 5. The number of esters is 1. The molecule has 0 radical (unpaired) electrons. The molecular formula is C23H34N5O12PS. The average Bonchev–Trinajstić information content (AvgIpc) is 3.37. The fourth-order valence-electron chi connectivity index (χ4n) is 3.74. The van der Waals surface area contributed by atoms with Crippen molar-refractivity contribution in [2.24, 2.45) is 0 Å². The van der Waals surface area contributed by atoms with E-state index in [2.05, 4.69) is 19.7 Å². The van der Waals surface area contributed by atoms with Crippen molar-refractivity contribution < 1.29 is 57.9 Å². The highest BCUT2D eigenvalue weighted by Crippen LogP contribution is 2.48. The predicted molar refractivity (Wildman–Crippen MR) is 146 cm³/mol. The number of amides is 2. The maximum absolute atomic E-state index is 13.1. The summed E-state index contributed by atoms with van der Waals surface area (Å²) < 4.78 is 34.0. The molecule has 234 valence electrons. The maximum atomic E-state index is 13.1. The van der Waals surface area contributed by atoms with E-state index in [1.54, 1.807) is 41.5 Å². The molecular weight excluding hydrogens is 601 g/mol. The minimum atomic E-state index is -4.92. The zero-order valence-electron chi connectivity index (χ0n) is 23.9. The minimum Gasteiger partial charge on any atom is -0.468 e. The minimum absolute atomic E-state index is 0.00988. The van der Waals surface area contributed by atoms with Gasteiger partial charge in [-0.2, -0.15) is 4.90 Å². The van der Waals surface area contributed by atoms with Crippen LogP contribution in [0.4, 0.5) is 15.4 Å². The molecule has 4 N–H and O–H groups in total. The molecule has 42 heavy (non-hydrogen) atoms. The summed E-state index contributed by atoms with van der Waals surface area (Å²) in [4.78, 5) is 68.2. The van der Waals surface area contributed by atoms with Crippen LogP contribution in [0, 0.1) is 0 Å². The summed E-state index contributed by atoms with van der Waals surface area (Å²) in [5.41, 5.74) is -2.06. The summed E-state index contributed by atoms with van der Waals surface area (Å²) >= 11 is 0.495. The Labute approximate surface area is 244 Å². The van der Waals surface area contributed by atoms with E-state index >= 15 is 0 Å². The third-order valence-corrected chi connectivity index (χ3v) is 8.56. The summed E-state index contributed by atoms with van der Waals surface area (Å²) in [6, 6.07) is 0. The van der Waals surface area contributed by atoms with Crippen LogP contribution in [0.15, 0.2) is 12.7 Å². The first-order chi connectivity index (χ1) is 19.2. The number of methoxy groups -OCH3 is 1. The molecule has 1 fully saturated rings. The van der Waals surface area contributed by atoms with Gasteiger partial charge in [-0.25, -0.2) is 24.5 Å². The largest absolute Gasteiger partial charge is 0.468 e. The van der Waals surface area contributed by atoms with Crippen LogP contribution < -0.4 is 4.90 Å². The van der Waals surface area contributed by atoms with E-state index in [1.165, 1.54) is 10.9 Å². The normalized spacial score (nSPS) is 22.1. The third kappa shape index (κ3) is 7.75. The first kappa shape index (κ1) is 33.6. The Morgan fingerprint density at radius 3 is 2.12 bits per heavy atom. The topological polar surface area (TPSA) is 233 Å². The van der Waals surface area contributed by atoms with Gasteiger partial charge in [-0.15, -0.1) is 11.8 Å². The number of ether oxygens (including phenoxy) is 4. The van der Waals surface area contributed by atoms with E-state index in [1.807, 2.05) is 0 Å². The molecule has 1 aliphatic rings. The Morgan fingerprint density at radius 2 is 1.62 bits per heavy atom. The fourth-order valence-corrected chi connectivity index (χ4v) is 6.03. The maximum Gasteiger partial charge on any atom is 0.425 e. The van der Waals surface area contributed by atoms with Crippen LogP contribution in [0.5, 0.6) is 0 Å². The number of carbonyl (C=O) groups is 3. The van der Waals surface area contributed by atoms with Crippen LogP contribution in [-0.4, -0.2) is 105 Å². The molecule has 0 bridgehead atoms. The second-order valence-corrected chi connectivity index (χ2v) is 14.3. The zero-order valence-corrected chi connectivity index (χ0v) is 25.6. The Hall–Kier alpha value is -2.86. The van der Waals surface area contributed by atoms with Crippen molar-refractivity contribution in [3.8, 4) is 0 Å². The first-order valence-electron chi connectivity index (χ1n) is 12.4. The lowest BCUT2D eigenvalue weighted by Gasteiger charge is -2.28. The smallest absolute Gasteiger partial charge is 0.425 e. The third-order valence-electron chi connectivity index (χ3n) is 5.44. The Morgan fingerprint density at radius 1 is 1.05 bits per heavy atom. The number of imidazole rings is 1. The van der Waals surface area contributed by atoms with Gasteiger partial charge in [-0.1, -0.05) is 0 Å². The van der Waals surface area contributed by atoms with Crippen molar-refractivity contribution in [1.82, 2.24) is 19.5 Å². The molecule has 17 nitrogen and oxygen atoms in total. The molecule has 19 heteroatoms. The highest BCUT2D eigenvalue weighted by Gasteiger charge is 2.46. The molecule has 5 atom stereocenters. The van der Waals surface area contributed by atoms with E-state index < -0.39 is 66.5 Å². The zero-order chi connectivity index (χ0) is 31.8. The van der Waals surface area contributed by atoms with Crippen LogP contribution in [0.25, 0.3) is 11.2 Å². The summed E-state index contributed by atoms with van der Waals surface area (Å²) in [7, 11) is -3.95. The van der Waals surface area contributed by atoms with Crippen LogP contribution >= 0.6 is 19.4 Å². The summed E-state index contributed by atoms with van der Waals surface area (Å²) in [5, 5.41) is 21.4. The molecule has 2 amide bonds. The summed E-state index contributed by atoms with van der Waals surface area (Å²) in [6.45, 7) is 9.63. The van der Waals surface area contributed by atoms with Crippen molar-refractivity contribution in [2.45, 2.75) is 82.3 Å². The number of aliphatic hydroxyl groups excluding tert-OH is 2. The van der Waals surface area contributed by atoms with E-state index in [4.69, 9.17) is 14.2 Å². The predicted octanol–water partition coefficient (Wildman–Crippen LogP) is 1.53. The lowest BCUT2D eigenvalue weighted by molar-refractivity contribution is -0.138. The van der Waals surface area contributed by atoms with Crippen molar-refractivity contribution >= 4 is 54.5 Å². The van der Waals surface area contributed by atoms with Gasteiger partial charge in [0.2, 0.25) is 4.99 Å². The molecule has 2 aromatic heterocycles. The summed E-state index contributed by atoms with van der Waals surface area (Å²) in [5.74, 6) is -1.76. The van der Waals surface area contributed by atoms with Gasteiger partial charge >= 0.3 is 25.8 Å². The first-order valence-corrected chi connectivity index (χ1v) is 15.2. The number of hydrogen-bond donors (Lipinski definition) is 4. The summed E-state index contributed by atoms with van der Waals surface area (Å²) in [6.07, 6.45) is -5.61. The Balaban J connectivity index is 1.95. The van der Waals surface area contributed by atoms with Crippen molar-refractivity contribution in [2.75, 3.05) is 17.8 Å². The molecule has 1 unspecified atom stereocenters. The molecule has 3 rings (SSSR count). The van der Waals surface area contributed by atoms with Gasteiger partial charge in [0.15, 0.2) is 23.2 Å². The molecule has 2 aromatic rings. The number of rotatable bonds is 7. The van der Waals surface area contributed by atoms with Crippen molar-refractivity contribution in [3.63, 3.8) is 0 Å². The Bertz CT molecular complexity index is 1340. The lowest BCUT2D eigenvalue weighted by atomic mass is 10.1. The van der Waals surface area contributed by atoms with Crippen LogP contribution in [0.1, 0.15) is 47.8 Å². The molecule has 3 heterocycles. The number of thioether (sulfide) groups is 1. The number of hydrogen-bond acceptors (Lipinski definition) is 14. The number of aliphatic hydroxyl groups is 2. The van der Waals surface area contributed by atoms with Gasteiger partial charge in [0.25, 0.3) is 0 Å². The quantitative estimate of drug-likeness (QED) is 0.192. The van der Waals surface area contributed by atoms with Gasteiger partial charge in [-0.05, 0) is 41.5 Å². The standard InChI is InChI=1S/C23H34N5O12PS/c1-22(2,3)39-20(32)28(21(33)40-23(4,5)6)16-12-15(24-9-25-16)27(10-26-12)17-14(30)13(29)11(38-17)8-42-19(18(31)37-7)41(34,35)36/h9-11,13-14,17,19,29-30H,8H2,1-7H3,(H2,34,35,36)/t11-,13-,14-,17-,19?/m1/s1. The second kappa shape index (κ2) is 12.4. The van der Waals surface area contributed by atoms with E-state index in [0.717, 1.165) is 13.4 Å². The molecule has 0 spiro atoms. The molecule has 1 aliphatic heterocycles. The van der Waals surface area contributed by atoms with E-state index in [0.29, 0.717) is 16.7 Å². The highest BCUT2D eigenvalue weighted by atomic mass is 32.2. The number of fused-ring (bicyclic) bond motifs is 1. The molecule has 0 saturated carbocycles. The fraction of sp³-hybridized carbons (Fsp3) is 0.652. The number of carbonyl (C=O) groups excluding carboxylic acids is 3. The SMILES string of the molecule is COC(=O)C(SC[C@H]1O[C@@H](n2cnc3c(N(C(=O)OC(C)(C)C)C(=O)OC(C)(C)C)ncnc32)[C@H](O)[C@@H]1O)P(=O)(O)O. The van der Waals surface area contributed by atoms with Crippen LogP contribution in [-0.2, 0) is 28.3 Å². The lowest BCUT2D eigenvalue weighted by Crippen LogP contribution is -2.44. The van der Waals surface area contributed by atoms with Gasteiger partial charge in [0, 0.05) is 5.75 Å². The number of imide groups is 1. The van der Waals surface area contributed by atoms with E-state index in [-0.39, 0.29) is 22.7 Å². The van der Waals surface area contributed by atoms with Gasteiger partial charge in [0.1, 0.15) is 29.7 Å². The van der Waals surface area contributed by atoms with Gasteiger partial charge in [0.05, 0.1) is 19.5 Å². The molecule has 0 aliphatic carbocycles. The van der Waals surface area contributed by atoms with E-state index in [9.17, 15) is 38.9 Å². The van der Waals surface area contributed by atoms with Crippen LogP contribution in [0.2, 0.25) is 0 Å². The van der Waals surface area contributed by atoms with Gasteiger partial charge in [-0.3, -0.25) is 13.9 Å². The molecule has 1 saturated heterocycles. The highest BCUT2D eigenvalue weighted by molar-refractivity contribution is 8.06. The van der Waals surface area contributed by atoms with Crippen molar-refractivity contribution in [3.05, 3.63) is 12.7 Å². The number of anilines is 1. The number of aromatic nitrogens is 4. The van der Waals surface area contributed by atoms with Crippen molar-refractivity contribution in [1.29, 1.82) is 0 Å². The Kier molecular flexibility index (Phi) is 9.93. The van der Waals surface area contributed by atoms with Gasteiger partial charge < -0.3 is 38.9 Å². The monoisotopic (exact) mass is 635 g/mol. The van der Waals surface area contributed by atoms with Crippen LogP contribution in [0.3, 0.4) is 0 Å². The molecule has 0 aromatic carbocycles. The average molecular weight is 636 g/mol.